The van der Waals surface area contributed by atoms with Crippen LogP contribution in [0.25, 0.3) is 0 Å². The number of nitrogens with zero attached hydrogens (tertiary/aromatic N) is 4. The van der Waals surface area contributed by atoms with Crippen molar-refractivity contribution >= 4 is 5.96 Å². The van der Waals surface area contributed by atoms with Gasteiger partial charge in [-0.05, 0) is 18.4 Å². The van der Waals surface area contributed by atoms with E-state index in [1.165, 1.54) is 5.56 Å². The molecule has 1 atom stereocenters. The van der Waals surface area contributed by atoms with Gasteiger partial charge in [-0.2, -0.15) is 0 Å². The molecule has 2 heterocycles. The molecule has 1 unspecified atom stereocenters. The summed E-state index contributed by atoms with van der Waals surface area (Å²) in [4.78, 5) is 4.77. The Bertz CT molecular complexity index is 694. The number of ether oxygens (including phenoxy) is 1. The minimum absolute atomic E-state index is 0.530. The molecule has 1 aliphatic rings. The topological polar surface area (TPSA) is 76.4 Å². The number of guanidine groups is 1. The van der Waals surface area contributed by atoms with Gasteiger partial charge in [0.05, 0.1) is 6.61 Å². The second-order valence-electron chi connectivity index (χ2n) is 6.80. The van der Waals surface area contributed by atoms with Gasteiger partial charge in [-0.3, -0.25) is 4.99 Å². The van der Waals surface area contributed by atoms with Crippen LogP contribution >= 0.6 is 0 Å². The molecule has 0 spiro atoms. The third-order valence-corrected chi connectivity index (χ3v) is 4.74. The molecule has 1 aromatic heterocycles. The lowest BCUT2D eigenvalue weighted by atomic mass is 10.1. The van der Waals surface area contributed by atoms with E-state index in [1.807, 2.05) is 6.07 Å². The highest BCUT2D eigenvalue weighted by Crippen LogP contribution is 2.12. The summed E-state index contributed by atoms with van der Waals surface area (Å²) in [5.74, 6) is 2.40. The molecule has 1 aliphatic heterocycles. The fourth-order valence-corrected chi connectivity index (χ4v) is 3.13. The largest absolute Gasteiger partial charge is 0.381 e. The number of aromatic nitrogens is 3. The summed E-state index contributed by atoms with van der Waals surface area (Å²) in [7, 11) is 0. The van der Waals surface area contributed by atoms with E-state index < -0.39 is 0 Å². The first-order valence-corrected chi connectivity index (χ1v) is 9.85. The molecule has 1 aromatic carbocycles. The van der Waals surface area contributed by atoms with E-state index in [1.54, 1.807) is 6.33 Å². The minimum Gasteiger partial charge on any atom is -0.381 e. The molecule has 27 heavy (non-hydrogen) atoms. The van der Waals surface area contributed by atoms with Gasteiger partial charge in [0.1, 0.15) is 12.2 Å². The summed E-state index contributed by atoms with van der Waals surface area (Å²) in [6.45, 7) is 7.03. The molecular formula is C20H30N6O. The highest BCUT2D eigenvalue weighted by molar-refractivity contribution is 5.79. The van der Waals surface area contributed by atoms with Crippen LogP contribution in [0.2, 0.25) is 0 Å². The average molecular weight is 371 g/mol. The molecule has 2 aromatic rings. The second kappa shape index (κ2) is 10.7. The molecule has 3 rings (SSSR count). The zero-order valence-electron chi connectivity index (χ0n) is 16.1. The van der Waals surface area contributed by atoms with Gasteiger partial charge in [-0.1, -0.05) is 37.3 Å². The monoisotopic (exact) mass is 370 g/mol. The highest BCUT2D eigenvalue weighted by atomic mass is 16.5. The molecule has 2 N–H and O–H groups in total. The third kappa shape index (κ3) is 6.36. The van der Waals surface area contributed by atoms with Crippen LogP contribution in [0.5, 0.6) is 0 Å². The number of rotatable bonds is 9. The van der Waals surface area contributed by atoms with Gasteiger partial charge in [-0.15, -0.1) is 10.2 Å². The van der Waals surface area contributed by atoms with Crippen molar-refractivity contribution in [2.24, 2.45) is 10.9 Å². The SMILES string of the molecule is CCc1nncn1CCNC(=NCC1CCOC1)NCCc1ccccc1. The van der Waals surface area contributed by atoms with Gasteiger partial charge in [0.25, 0.3) is 0 Å². The van der Waals surface area contributed by atoms with E-state index >= 15 is 0 Å². The first-order chi connectivity index (χ1) is 13.3. The van der Waals surface area contributed by atoms with Crippen LogP contribution in [0.4, 0.5) is 0 Å². The van der Waals surface area contributed by atoms with Gasteiger partial charge in [0.2, 0.25) is 0 Å². The van der Waals surface area contributed by atoms with E-state index in [0.29, 0.717) is 5.92 Å². The summed E-state index contributed by atoms with van der Waals surface area (Å²) in [6, 6.07) is 10.5. The molecule has 7 heteroatoms. The first kappa shape index (κ1) is 19.4. The van der Waals surface area contributed by atoms with E-state index in [9.17, 15) is 0 Å². The fourth-order valence-electron chi connectivity index (χ4n) is 3.13. The predicted octanol–water partition coefficient (Wildman–Crippen LogP) is 1.65. The van der Waals surface area contributed by atoms with Crippen molar-refractivity contribution in [2.45, 2.75) is 32.7 Å². The van der Waals surface area contributed by atoms with E-state index in [0.717, 1.165) is 70.4 Å². The lowest BCUT2D eigenvalue weighted by molar-refractivity contribution is 0.187. The molecule has 146 valence electrons. The number of aryl methyl sites for hydroxylation is 1. The summed E-state index contributed by atoms with van der Waals surface area (Å²) in [5.41, 5.74) is 1.32. The van der Waals surface area contributed by atoms with Crippen LogP contribution in [0.1, 0.15) is 24.7 Å². The van der Waals surface area contributed by atoms with Crippen molar-refractivity contribution < 1.29 is 4.74 Å². The number of hydrogen-bond donors (Lipinski definition) is 2. The standard InChI is InChI=1S/C20H30N6O/c1-2-19-25-24-16-26(19)12-11-22-20(23-14-18-9-13-27-15-18)21-10-8-17-6-4-3-5-7-17/h3-7,16,18H,2,8-15H2,1H3,(H2,21,22,23). The van der Waals surface area contributed by atoms with Crippen LogP contribution in [-0.4, -0.2) is 53.6 Å². The summed E-state index contributed by atoms with van der Waals surface area (Å²) >= 11 is 0. The predicted molar refractivity (Wildman–Crippen MR) is 107 cm³/mol. The van der Waals surface area contributed by atoms with E-state index in [4.69, 9.17) is 9.73 Å². The van der Waals surface area contributed by atoms with Crippen molar-refractivity contribution in [1.82, 2.24) is 25.4 Å². The molecular weight excluding hydrogens is 340 g/mol. The summed E-state index contributed by atoms with van der Waals surface area (Å²) in [5, 5.41) is 15.0. The van der Waals surface area contributed by atoms with Crippen molar-refractivity contribution in [3.8, 4) is 0 Å². The molecule has 0 bridgehead atoms. The Morgan fingerprint density at radius 2 is 2.11 bits per heavy atom. The summed E-state index contributed by atoms with van der Waals surface area (Å²) in [6.07, 6.45) is 4.74. The van der Waals surface area contributed by atoms with Crippen molar-refractivity contribution in [2.75, 3.05) is 32.8 Å². The Morgan fingerprint density at radius 3 is 2.89 bits per heavy atom. The van der Waals surface area contributed by atoms with Crippen LogP contribution in [0.15, 0.2) is 41.7 Å². The van der Waals surface area contributed by atoms with Gasteiger partial charge >= 0.3 is 0 Å². The average Bonchev–Trinajstić information content (AvgIpc) is 3.38. The van der Waals surface area contributed by atoms with Crippen molar-refractivity contribution in [1.29, 1.82) is 0 Å². The van der Waals surface area contributed by atoms with Gasteiger partial charge in [-0.25, -0.2) is 0 Å². The molecule has 0 aliphatic carbocycles. The summed E-state index contributed by atoms with van der Waals surface area (Å²) < 4.78 is 7.54. The Balaban J connectivity index is 1.49. The smallest absolute Gasteiger partial charge is 0.191 e. The van der Waals surface area contributed by atoms with E-state index in [-0.39, 0.29) is 0 Å². The second-order valence-corrected chi connectivity index (χ2v) is 6.80. The lowest BCUT2D eigenvalue weighted by Gasteiger charge is -2.14. The van der Waals surface area contributed by atoms with Gasteiger partial charge < -0.3 is 19.9 Å². The molecule has 0 amide bonds. The molecule has 1 saturated heterocycles. The van der Waals surface area contributed by atoms with E-state index in [2.05, 4.69) is 56.6 Å². The van der Waals surface area contributed by atoms with Crippen LogP contribution in [0.3, 0.4) is 0 Å². The molecule has 7 nitrogen and oxygen atoms in total. The first-order valence-electron chi connectivity index (χ1n) is 9.85. The number of nitrogens with one attached hydrogen (secondary N) is 2. The molecule has 0 saturated carbocycles. The highest BCUT2D eigenvalue weighted by Gasteiger charge is 2.15. The Kier molecular flexibility index (Phi) is 7.65. The van der Waals surface area contributed by atoms with Crippen LogP contribution in [-0.2, 0) is 24.1 Å². The maximum Gasteiger partial charge on any atom is 0.191 e. The maximum atomic E-state index is 5.46. The minimum atomic E-state index is 0.530. The Labute approximate surface area is 161 Å². The van der Waals surface area contributed by atoms with Crippen molar-refractivity contribution in [3.63, 3.8) is 0 Å². The molecule has 1 fully saturated rings. The zero-order valence-corrected chi connectivity index (χ0v) is 16.1. The quantitative estimate of drug-likeness (QED) is 0.519. The Morgan fingerprint density at radius 1 is 1.26 bits per heavy atom. The number of hydrogen-bond acceptors (Lipinski definition) is 4. The van der Waals surface area contributed by atoms with Gasteiger partial charge in [0.15, 0.2) is 5.96 Å². The molecule has 0 radical (unpaired) electrons. The third-order valence-electron chi connectivity index (χ3n) is 4.74. The van der Waals surface area contributed by atoms with Crippen LogP contribution in [0, 0.1) is 5.92 Å². The Hall–Kier alpha value is -2.41. The fraction of sp³-hybridized carbons (Fsp3) is 0.550. The zero-order chi connectivity index (χ0) is 18.7. The van der Waals surface area contributed by atoms with Gasteiger partial charge in [0, 0.05) is 45.1 Å². The van der Waals surface area contributed by atoms with Crippen molar-refractivity contribution in [3.05, 3.63) is 48.0 Å². The lowest BCUT2D eigenvalue weighted by Crippen LogP contribution is -2.40. The number of aliphatic imine (C=N–C) groups is 1. The normalized spacial score (nSPS) is 17.2. The number of benzene rings is 1. The maximum absolute atomic E-state index is 5.46. The van der Waals surface area contributed by atoms with Crippen LogP contribution < -0.4 is 10.6 Å².